The lowest BCUT2D eigenvalue weighted by molar-refractivity contribution is -0.135. The Morgan fingerprint density at radius 3 is 3.06 bits per heavy atom. The van der Waals surface area contributed by atoms with Gasteiger partial charge in [0, 0.05) is 25.4 Å². The van der Waals surface area contributed by atoms with Crippen LogP contribution in [0.15, 0.2) is 24.5 Å². The van der Waals surface area contributed by atoms with Gasteiger partial charge in [0.1, 0.15) is 6.29 Å². The van der Waals surface area contributed by atoms with E-state index in [1.165, 1.54) is 0 Å². The van der Waals surface area contributed by atoms with Crippen molar-refractivity contribution in [2.75, 3.05) is 0 Å². The molecule has 2 heterocycles. The van der Waals surface area contributed by atoms with Crippen LogP contribution in [0.1, 0.15) is 25.3 Å². The van der Waals surface area contributed by atoms with Crippen LogP contribution < -0.4 is 0 Å². The molecule has 1 unspecified atom stereocenters. The summed E-state index contributed by atoms with van der Waals surface area (Å²) >= 11 is 0. The van der Waals surface area contributed by atoms with E-state index in [1.807, 2.05) is 12.1 Å². The number of aromatic nitrogens is 1. The summed E-state index contributed by atoms with van der Waals surface area (Å²) in [7, 11) is 0. The first kappa shape index (κ1) is 10.8. The molecular formula is C12H14N2O2. The highest BCUT2D eigenvalue weighted by atomic mass is 16.2. The summed E-state index contributed by atoms with van der Waals surface area (Å²) < 4.78 is 0. The standard InChI is InChI=1S/C12H14N2O2/c1-12(9-15)5-4-11(16)14(12)8-10-3-2-6-13-7-10/h2-3,6-7,9H,4-5,8H2,1H3. The van der Waals surface area contributed by atoms with Crippen LogP contribution in [0.25, 0.3) is 0 Å². The Kier molecular flexibility index (Phi) is 2.73. The van der Waals surface area contributed by atoms with Crippen molar-refractivity contribution in [3.8, 4) is 0 Å². The van der Waals surface area contributed by atoms with Gasteiger partial charge in [0.05, 0.1) is 5.54 Å². The van der Waals surface area contributed by atoms with Crippen LogP contribution in [0, 0.1) is 0 Å². The first-order chi connectivity index (χ1) is 7.65. The lowest BCUT2D eigenvalue weighted by Crippen LogP contribution is -2.44. The van der Waals surface area contributed by atoms with Gasteiger partial charge in [-0.15, -0.1) is 0 Å². The van der Waals surface area contributed by atoms with Crippen LogP contribution >= 0.6 is 0 Å². The number of nitrogens with zero attached hydrogens (tertiary/aromatic N) is 2. The molecule has 0 spiro atoms. The highest BCUT2D eigenvalue weighted by Crippen LogP contribution is 2.29. The van der Waals surface area contributed by atoms with E-state index in [0.717, 1.165) is 11.8 Å². The van der Waals surface area contributed by atoms with E-state index in [-0.39, 0.29) is 5.91 Å². The molecule has 4 nitrogen and oxygen atoms in total. The second kappa shape index (κ2) is 4.04. The Morgan fingerprint density at radius 2 is 2.44 bits per heavy atom. The second-order valence-corrected chi connectivity index (χ2v) is 4.32. The summed E-state index contributed by atoms with van der Waals surface area (Å²) in [5.74, 6) is 0.0402. The molecule has 1 aromatic rings. The van der Waals surface area contributed by atoms with Gasteiger partial charge in [-0.1, -0.05) is 6.07 Å². The first-order valence-corrected chi connectivity index (χ1v) is 5.31. The number of amides is 1. The van der Waals surface area contributed by atoms with Crippen molar-refractivity contribution in [1.29, 1.82) is 0 Å². The number of carbonyl (C=O) groups is 2. The average Bonchev–Trinajstić information content (AvgIpc) is 2.60. The molecule has 0 aliphatic carbocycles. The molecule has 1 saturated heterocycles. The fraction of sp³-hybridized carbons (Fsp3) is 0.417. The van der Waals surface area contributed by atoms with Crippen molar-refractivity contribution in [2.24, 2.45) is 0 Å². The Hall–Kier alpha value is -1.71. The molecule has 84 valence electrons. The molecule has 0 aromatic carbocycles. The number of carbonyl (C=O) groups excluding carboxylic acids is 2. The zero-order valence-corrected chi connectivity index (χ0v) is 9.22. The number of hydrogen-bond donors (Lipinski definition) is 0. The van der Waals surface area contributed by atoms with E-state index < -0.39 is 5.54 Å². The highest BCUT2D eigenvalue weighted by Gasteiger charge is 2.41. The summed E-state index contributed by atoms with van der Waals surface area (Å²) in [4.78, 5) is 28.4. The molecule has 0 saturated carbocycles. The summed E-state index contributed by atoms with van der Waals surface area (Å²) in [5, 5.41) is 0. The third-order valence-electron chi connectivity index (χ3n) is 3.08. The van der Waals surface area contributed by atoms with Gasteiger partial charge < -0.3 is 9.69 Å². The van der Waals surface area contributed by atoms with Crippen LogP contribution in [-0.4, -0.2) is 27.6 Å². The SMILES string of the molecule is CC1(C=O)CCC(=O)N1Cc1cccnc1. The molecule has 16 heavy (non-hydrogen) atoms. The van der Waals surface area contributed by atoms with E-state index in [2.05, 4.69) is 4.98 Å². The Balaban J connectivity index is 2.20. The number of pyridine rings is 1. The summed E-state index contributed by atoms with van der Waals surface area (Å²) in [6, 6.07) is 3.73. The predicted octanol–water partition coefficient (Wildman–Crippen LogP) is 1.16. The number of aldehydes is 1. The monoisotopic (exact) mass is 218 g/mol. The molecule has 0 bridgehead atoms. The van der Waals surface area contributed by atoms with Crippen molar-refractivity contribution >= 4 is 12.2 Å². The minimum Gasteiger partial charge on any atom is -0.326 e. The van der Waals surface area contributed by atoms with Crippen molar-refractivity contribution in [3.05, 3.63) is 30.1 Å². The first-order valence-electron chi connectivity index (χ1n) is 5.31. The molecule has 1 atom stereocenters. The highest BCUT2D eigenvalue weighted by molar-refractivity contribution is 5.85. The Morgan fingerprint density at radius 1 is 1.62 bits per heavy atom. The van der Waals surface area contributed by atoms with Crippen LogP contribution in [0.4, 0.5) is 0 Å². The van der Waals surface area contributed by atoms with Gasteiger partial charge in [-0.25, -0.2) is 0 Å². The van der Waals surface area contributed by atoms with Gasteiger partial charge in [0.25, 0.3) is 0 Å². The quantitative estimate of drug-likeness (QED) is 0.715. The van der Waals surface area contributed by atoms with Crippen LogP contribution in [0.5, 0.6) is 0 Å². The zero-order chi connectivity index (χ0) is 11.6. The predicted molar refractivity (Wildman–Crippen MR) is 58.5 cm³/mol. The van der Waals surface area contributed by atoms with Gasteiger partial charge in [0.2, 0.25) is 5.91 Å². The van der Waals surface area contributed by atoms with Crippen molar-refractivity contribution in [2.45, 2.75) is 31.8 Å². The molecule has 0 N–H and O–H groups in total. The second-order valence-electron chi connectivity index (χ2n) is 4.32. The molecule has 1 fully saturated rings. The maximum atomic E-state index is 11.7. The minimum atomic E-state index is -0.646. The molecule has 1 aliphatic rings. The molecular weight excluding hydrogens is 204 g/mol. The molecule has 0 radical (unpaired) electrons. The third-order valence-corrected chi connectivity index (χ3v) is 3.08. The van der Waals surface area contributed by atoms with Crippen LogP contribution in [0.3, 0.4) is 0 Å². The van der Waals surface area contributed by atoms with Gasteiger partial charge in [-0.2, -0.15) is 0 Å². The fourth-order valence-corrected chi connectivity index (χ4v) is 1.98. The van der Waals surface area contributed by atoms with E-state index in [0.29, 0.717) is 19.4 Å². The minimum absolute atomic E-state index is 0.0402. The topological polar surface area (TPSA) is 50.3 Å². The van der Waals surface area contributed by atoms with E-state index in [9.17, 15) is 9.59 Å². The maximum absolute atomic E-state index is 11.7. The lowest BCUT2D eigenvalue weighted by atomic mass is 10.0. The normalized spacial score (nSPS) is 24.8. The van der Waals surface area contributed by atoms with Gasteiger partial charge in [-0.3, -0.25) is 9.78 Å². The number of hydrogen-bond acceptors (Lipinski definition) is 3. The van der Waals surface area contributed by atoms with Crippen molar-refractivity contribution in [3.63, 3.8) is 0 Å². The molecule has 1 amide bonds. The van der Waals surface area contributed by atoms with E-state index >= 15 is 0 Å². The van der Waals surface area contributed by atoms with E-state index in [4.69, 9.17) is 0 Å². The van der Waals surface area contributed by atoms with Gasteiger partial charge >= 0.3 is 0 Å². The van der Waals surface area contributed by atoms with Crippen LogP contribution in [0.2, 0.25) is 0 Å². The van der Waals surface area contributed by atoms with E-state index in [1.54, 1.807) is 24.2 Å². The fourth-order valence-electron chi connectivity index (χ4n) is 1.98. The number of rotatable bonds is 3. The smallest absolute Gasteiger partial charge is 0.223 e. The van der Waals surface area contributed by atoms with Crippen LogP contribution in [-0.2, 0) is 16.1 Å². The lowest BCUT2D eigenvalue weighted by Gasteiger charge is -2.30. The summed E-state index contributed by atoms with van der Waals surface area (Å²) in [6.45, 7) is 2.27. The number of likely N-dealkylation sites (tertiary alicyclic amines) is 1. The molecule has 1 aliphatic heterocycles. The Labute approximate surface area is 94.3 Å². The summed E-state index contributed by atoms with van der Waals surface area (Å²) in [6.07, 6.45) is 5.34. The van der Waals surface area contributed by atoms with Gasteiger partial charge in [-0.05, 0) is 25.0 Å². The Bertz CT molecular complexity index is 405. The maximum Gasteiger partial charge on any atom is 0.223 e. The largest absolute Gasteiger partial charge is 0.326 e. The molecule has 2 rings (SSSR count). The summed E-state index contributed by atoms with van der Waals surface area (Å²) in [5.41, 5.74) is 0.304. The van der Waals surface area contributed by atoms with Gasteiger partial charge in [0.15, 0.2) is 0 Å². The van der Waals surface area contributed by atoms with Crippen molar-refractivity contribution < 1.29 is 9.59 Å². The zero-order valence-electron chi connectivity index (χ0n) is 9.22. The third kappa shape index (κ3) is 1.83. The average molecular weight is 218 g/mol. The molecule has 1 aromatic heterocycles. The molecule has 4 heteroatoms. The van der Waals surface area contributed by atoms with Crippen molar-refractivity contribution in [1.82, 2.24) is 9.88 Å².